The fourth-order valence-corrected chi connectivity index (χ4v) is 2.41. The van der Waals surface area contributed by atoms with Crippen LogP contribution in [0.1, 0.15) is 9.67 Å². The van der Waals surface area contributed by atoms with Crippen LogP contribution >= 0.6 is 22.9 Å². The molecule has 0 aliphatic carbocycles. The summed E-state index contributed by atoms with van der Waals surface area (Å²) in [4.78, 5) is 12.6. The maximum Gasteiger partial charge on any atom is 0.265 e. The van der Waals surface area contributed by atoms with E-state index in [0.29, 0.717) is 21.3 Å². The van der Waals surface area contributed by atoms with E-state index in [2.05, 4.69) is 20.8 Å². The quantitative estimate of drug-likeness (QED) is 0.807. The third-order valence-electron chi connectivity index (χ3n) is 2.56. The first-order valence-electron chi connectivity index (χ1n) is 5.62. The number of thiophene rings is 1. The van der Waals surface area contributed by atoms with Crippen molar-refractivity contribution in [3.63, 3.8) is 0 Å². The number of aromatic nitrogens is 4. The lowest BCUT2D eigenvalue weighted by Gasteiger charge is -2.08. The molecule has 0 aliphatic heterocycles. The molecule has 0 spiro atoms. The zero-order chi connectivity index (χ0) is 13.9. The lowest BCUT2D eigenvalue weighted by Crippen LogP contribution is -2.11. The zero-order valence-electron chi connectivity index (χ0n) is 10.0. The molecule has 0 atom stereocenters. The number of amides is 1. The van der Waals surface area contributed by atoms with Gasteiger partial charge in [-0.15, -0.1) is 16.4 Å². The summed E-state index contributed by atoms with van der Waals surface area (Å²) < 4.78 is 1.48. The molecule has 0 bridgehead atoms. The molecule has 0 fully saturated rings. The van der Waals surface area contributed by atoms with Gasteiger partial charge in [0.25, 0.3) is 5.91 Å². The van der Waals surface area contributed by atoms with Gasteiger partial charge in [-0.25, -0.2) is 4.68 Å². The van der Waals surface area contributed by atoms with Crippen molar-refractivity contribution in [2.45, 2.75) is 0 Å². The van der Waals surface area contributed by atoms with E-state index in [1.165, 1.54) is 22.3 Å². The molecule has 20 heavy (non-hydrogen) atoms. The number of halogens is 1. The van der Waals surface area contributed by atoms with Crippen LogP contribution in [0.5, 0.6) is 0 Å². The summed E-state index contributed by atoms with van der Waals surface area (Å²) in [5.41, 5.74) is 1.22. The molecule has 1 amide bonds. The normalized spacial score (nSPS) is 10.4. The molecular formula is C12H8ClN5OS. The average Bonchev–Trinajstić information content (AvgIpc) is 3.14. The van der Waals surface area contributed by atoms with E-state index in [4.69, 9.17) is 11.6 Å². The lowest BCUT2D eigenvalue weighted by molar-refractivity contribution is 0.103. The molecule has 0 saturated carbocycles. The van der Waals surface area contributed by atoms with Gasteiger partial charge < -0.3 is 5.32 Å². The number of carbonyl (C=O) groups is 1. The SMILES string of the molecule is O=C(Nc1cc(-n2cnnn2)ccc1Cl)c1cccs1. The Morgan fingerprint density at radius 2 is 2.25 bits per heavy atom. The lowest BCUT2D eigenvalue weighted by atomic mass is 10.2. The molecule has 3 aromatic rings. The fourth-order valence-electron chi connectivity index (χ4n) is 1.62. The standard InChI is InChI=1S/C12H8ClN5OS/c13-9-4-3-8(18-7-14-16-17-18)6-10(9)15-12(19)11-2-1-5-20-11/h1-7H,(H,15,19). The summed E-state index contributed by atoms with van der Waals surface area (Å²) in [7, 11) is 0. The molecule has 100 valence electrons. The average molecular weight is 306 g/mol. The third kappa shape index (κ3) is 2.54. The molecule has 2 heterocycles. The van der Waals surface area contributed by atoms with E-state index in [1.54, 1.807) is 24.3 Å². The van der Waals surface area contributed by atoms with Crippen molar-refractivity contribution >= 4 is 34.5 Å². The van der Waals surface area contributed by atoms with Crippen molar-refractivity contribution in [3.05, 3.63) is 51.9 Å². The summed E-state index contributed by atoms with van der Waals surface area (Å²) >= 11 is 7.46. The van der Waals surface area contributed by atoms with Crippen LogP contribution in [0, 0.1) is 0 Å². The Kier molecular flexibility index (Phi) is 3.44. The van der Waals surface area contributed by atoms with Crippen LogP contribution in [-0.4, -0.2) is 26.1 Å². The Morgan fingerprint density at radius 3 is 2.95 bits per heavy atom. The van der Waals surface area contributed by atoms with Crippen LogP contribution < -0.4 is 5.32 Å². The van der Waals surface area contributed by atoms with Gasteiger partial charge >= 0.3 is 0 Å². The maximum absolute atomic E-state index is 12.0. The second kappa shape index (κ2) is 5.40. The van der Waals surface area contributed by atoms with Gasteiger partial charge in [-0.05, 0) is 40.1 Å². The maximum atomic E-state index is 12.0. The van der Waals surface area contributed by atoms with Crippen molar-refractivity contribution in [2.24, 2.45) is 0 Å². The van der Waals surface area contributed by atoms with Gasteiger partial charge in [-0.3, -0.25) is 4.79 Å². The predicted molar refractivity (Wildman–Crippen MR) is 76.4 cm³/mol. The Bertz CT molecular complexity index is 726. The van der Waals surface area contributed by atoms with Crippen molar-refractivity contribution in [3.8, 4) is 5.69 Å². The number of hydrogen-bond acceptors (Lipinski definition) is 5. The summed E-state index contributed by atoms with van der Waals surface area (Å²) in [5, 5.41) is 16.0. The highest BCUT2D eigenvalue weighted by Gasteiger charge is 2.10. The molecule has 6 nitrogen and oxygen atoms in total. The van der Waals surface area contributed by atoms with Crippen LogP contribution in [0.25, 0.3) is 5.69 Å². The monoisotopic (exact) mass is 305 g/mol. The van der Waals surface area contributed by atoms with Gasteiger partial charge in [-0.2, -0.15) is 0 Å². The highest BCUT2D eigenvalue weighted by Crippen LogP contribution is 2.25. The number of carbonyl (C=O) groups excluding carboxylic acids is 1. The van der Waals surface area contributed by atoms with Crippen LogP contribution in [0.15, 0.2) is 42.0 Å². The first-order valence-corrected chi connectivity index (χ1v) is 6.87. The number of tetrazole rings is 1. The number of anilines is 1. The molecule has 0 saturated heterocycles. The number of nitrogens with one attached hydrogen (secondary N) is 1. The molecular weight excluding hydrogens is 298 g/mol. The van der Waals surface area contributed by atoms with E-state index in [1.807, 2.05) is 11.4 Å². The Balaban J connectivity index is 1.89. The molecule has 3 rings (SSSR count). The summed E-state index contributed by atoms with van der Waals surface area (Å²) in [6, 6.07) is 8.73. The summed E-state index contributed by atoms with van der Waals surface area (Å²) in [6.45, 7) is 0. The Hall–Kier alpha value is -2.25. The van der Waals surface area contributed by atoms with Crippen LogP contribution in [-0.2, 0) is 0 Å². The minimum absolute atomic E-state index is 0.198. The minimum Gasteiger partial charge on any atom is -0.320 e. The zero-order valence-corrected chi connectivity index (χ0v) is 11.6. The number of nitrogens with zero attached hydrogens (tertiary/aromatic N) is 4. The molecule has 0 radical (unpaired) electrons. The largest absolute Gasteiger partial charge is 0.320 e. The minimum atomic E-state index is -0.198. The molecule has 0 unspecified atom stereocenters. The smallest absolute Gasteiger partial charge is 0.265 e. The van der Waals surface area contributed by atoms with Gasteiger partial charge in [0.2, 0.25) is 0 Å². The fraction of sp³-hybridized carbons (Fsp3) is 0. The predicted octanol–water partition coefficient (Wildman–Crippen LogP) is 2.63. The van der Waals surface area contributed by atoms with Crippen LogP contribution in [0.2, 0.25) is 5.02 Å². The molecule has 1 N–H and O–H groups in total. The first kappa shape index (κ1) is 12.8. The van der Waals surface area contributed by atoms with Gasteiger partial charge in [0.05, 0.1) is 21.3 Å². The molecule has 2 aromatic heterocycles. The van der Waals surface area contributed by atoms with Crippen LogP contribution in [0.4, 0.5) is 5.69 Å². The van der Waals surface area contributed by atoms with Gasteiger partial charge in [0.15, 0.2) is 0 Å². The third-order valence-corrected chi connectivity index (χ3v) is 3.75. The highest BCUT2D eigenvalue weighted by molar-refractivity contribution is 7.12. The van der Waals surface area contributed by atoms with Gasteiger partial charge in [0, 0.05) is 0 Å². The first-order chi connectivity index (χ1) is 9.74. The topological polar surface area (TPSA) is 72.7 Å². The van der Waals surface area contributed by atoms with E-state index in [0.717, 1.165) is 0 Å². The van der Waals surface area contributed by atoms with Crippen molar-refractivity contribution in [1.29, 1.82) is 0 Å². The molecule has 8 heteroatoms. The number of benzene rings is 1. The van der Waals surface area contributed by atoms with E-state index in [9.17, 15) is 4.79 Å². The molecule has 1 aromatic carbocycles. The van der Waals surface area contributed by atoms with Crippen molar-refractivity contribution in [2.75, 3.05) is 5.32 Å². The second-order valence-electron chi connectivity index (χ2n) is 3.85. The van der Waals surface area contributed by atoms with Crippen molar-refractivity contribution < 1.29 is 4.79 Å². The summed E-state index contributed by atoms with van der Waals surface area (Å²) in [5.74, 6) is -0.198. The van der Waals surface area contributed by atoms with Gasteiger partial charge in [0.1, 0.15) is 6.33 Å². The highest BCUT2D eigenvalue weighted by atomic mass is 35.5. The van der Waals surface area contributed by atoms with Crippen molar-refractivity contribution in [1.82, 2.24) is 20.2 Å². The molecule has 0 aliphatic rings. The second-order valence-corrected chi connectivity index (χ2v) is 5.20. The van der Waals surface area contributed by atoms with E-state index < -0.39 is 0 Å². The Labute approximate surface area is 123 Å². The number of rotatable bonds is 3. The Morgan fingerprint density at radius 1 is 1.35 bits per heavy atom. The van der Waals surface area contributed by atoms with E-state index in [-0.39, 0.29) is 5.91 Å². The van der Waals surface area contributed by atoms with E-state index >= 15 is 0 Å². The van der Waals surface area contributed by atoms with Crippen LogP contribution in [0.3, 0.4) is 0 Å². The summed E-state index contributed by atoms with van der Waals surface area (Å²) in [6.07, 6.45) is 1.47. The van der Waals surface area contributed by atoms with Gasteiger partial charge in [-0.1, -0.05) is 17.7 Å². The number of hydrogen-bond donors (Lipinski definition) is 1.